The summed E-state index contributed by atoms with van der Waals surface area (Å²) in [7, 11) is 0. The quantitative estimate of drug-likeness (QED) is 0.374. The molecule has 0 spiro atoms. The normalized spacial score (nSPS) is 5.80. The van der Waals surface area contributed by atoms with Gasteiger partial charge in [-0.3, -0.25) is 9.59 Å². The van der Waals surface area contributed by atoms with Gasteiger partial charge in [0.2, 0.25) is 0 Å². The second-order valence-corrected chi connectivity index (χ2v) is 1.58. The molecular formula is C5H14MgO4. The van der Waals surface area contributed by atoms with E-state index in [1.807, 2.05) is 0 Å². The van der Waals surface area contributed by atoms with Crippen molar-refractivity contribution in [3.05, 3.63) is 0 Å². The van der Waals surface area contributed by atoms with Gasteiger partial charge in [-0.05, 0) is 13.8 Å². The molecule has 0 saturated carbocycles. The number of Topliss-reactive ketones (excluding diaryl/α,β-unsaturated/α-hetero) is 2. The van der Waals surface area contributed by atoms with E-state index < -0.39 is 0 Å². The van der Waals surface area contributed by atoms with E-state index in [0.29, 0.717) is 0 Å². The minimum absolute atomic E-state index is 0. The molecule has 0 aliphatic heterocycles. The fraction of sp³-hybridized carbons (Fsp3) is 0.600. The van der Waals surface area contributed by atoms with E-state index >= 15 is 0 Å². The fourth-order valence-corrected chi connectivity index (χ4v) is 0.351. The van der Waals surface area contributed by atoms with Gasteiger partial charge in [-0.25, -0.2) is 0 Å². The van der Waals surface area contributed by atoms with Gasteiger partial charge >= 0.3 is 23.1 Å². The molecule has 0 saturated heterocycles. The van der Waals surface area contributed by atoms with Crippen molar-refractivity contribution in [3.8, 4) is 0 Å². The first-order chi connectivity index (χ1) is 3.13. The van der Waals surface area contributed by atoms with Gasteiger partial charge in [0, 0.05) is 0 Å². The second kappa shape index (κ2) is 11.8. The summed E-state index contributed by atoms with van der Waals surface area (Å²) >= 11 is 0. The van der Waals surface area contributed by atoms with Crippen LogP contribution in [0, 0.1) is 0 Å². The van der Waals surface area contributed by atoms with Crippen LogP contribution in [-0.4, -0.2) is 45.6 Å². The van der Waals surface area contributed by atoms with Crippen LogP contribution in [0.3, 0.4) is 0 Å². The van der Waals surface area contributed by atoms with Crippen LogP contribution in [0.25, 0.3) is 0 Å². The van der Waals surface area contributed by atoms with Gasteiger partial charge in [-0.15, -0.1) is 0 Å². The Labute approximate surface area is 78.7 Å². The molecule has 4 nitrogen and oxygen atoms in total. The molecule has 0 aromatic carbocycles. The van der Waals surface area contributed by atoms with Crippen LogP contribution < -0.4 is 0 Å². The summed E-state index contributed by atoms with van der Waals surface area (Å²) in [6.45, 7) is 2.81. The first kappa shape index (κ1) is 22.5. The van der Waals surface area contributed by atoms with E-state index in [1.54, 1.807) is 0 Å². The number of hydrogen-bond acceptors (Lipinski definition) is 2. The Hall–Kier alpha value is 0.0262. The molecule has 5 heteroatoms. The van der Waals surface area contributed by atoms with Crippen molar-refractivity contribution in [2.75, 3.05) is 0 Å². The molecule has 0 amide bonds. The summed E-state index contributed by atoms with van der Waals surface area (Å²) < 4.78 is 0. The number of ketones is 2. The Morgan fingerprint density at radius 2 is 1.30 bits per heavy atom. The minimum atomic E-state index is -0.0625. The third-order valence-electron chi connectivity index (χ3n) is 0.498. The maximum absolute atomic E-state index is 10.0. The zero-order valence-corrected chi connectivity index (χ0v) is 7.64. The van der Waals surface area contributed by atoms with Crippen LogP contribution in [0.5, 0.6) is 0 Å². The SMILES string of the molecule is CC(=O)CC(C)=O.O.O.[H-].[H-].[Mg+2]. The first-order valence-corrected chi connectivity index (χ1v) is 2.12. The Morgan fingerprint density at radius 1 is 1.10 bits per heavy atom. The average Bonchev–Trinajstić information content (AvgIpc) is 1.27. The summed E-state index contributed by atoms with van der Waals surface area (Å²) in [5.41, 5.74) is 0. The molecule has 0 aromatic rings. The number of carbonyl (C=O) groups excluding carboxylic acids is 2. The molecule has 0 aliphatic rings. The minimum Gasteiger partial charge on any atom is -1.00 e. The number of hydrogen-bond donors (Lipinski definition) is 0. The van der Waals surface area contributed by atoms with Crippen LogP contribution in [0.15, 0.2) is 0 Å². The maximum Gasteiger partial charge on any atom is 2.00 e. The summed E-state index contributed by atoms with van der Waals surface area (Å²) in [6.07, 6.45) is 0.0833. The van der Waals surface area contributed by atoms with Crippen LogP contribution in [0.4, 0.5) is 0 Å². The van der Waals surface area contributed by atoms with Crippen LogP contribution in [0.1, 0.15) is 23.1 Å². The van der Waals surface area contributed by atoms with Crippen molar-refractivity contribution in [1.82, 2.24) is 0 Å². The molecular weight excluding hydrogens is 148 g/mol. The van der Waals surface area contributed by atoms with Gasteiger partial charge in [0.1, 0.15) is 11.6 Å². The van der Waals surface area contributed by atoms with Crippen LogP contribution >= 0.6 is 0 Å². The number of carbonyl (C=O) groups is 2. The van der Waals surface area contributed by atoms with E-state index in [9.17, 15) is 9.59 Å². The van der Waals surface area contributed by atoms with Crippen molar-refractivity contribution >= 4 is 34.6 Å². The van der Waals surface area contributed by atoms with Gasteiger partial charge in [0.25, 0.3) is 0 Å². The van der Waals surface area contributed by atoms with Crippen LogP contribution in [-0.2, 0) is 9.59 Å². The summed E-state index contributed by atoms with van der Waals surface area (Å²) in [5.74, 6) is -0.125. The molecule has 10 heavy (non-hydrogen) atoms. The summed E-state index contributed by atoms with van der Waals surface area (Å²) in [4.78, 5) is 20.1. The van der Waals surface area contributed by atoms with E-state index in [-0.39, 0.29) is 54.8 Å². The third kappa shape index (κ3) is 24.4. The molecule has 0 aromatic heterocycles. The zero-order chi connectivity index (χ0) is 5.86. The van der Waals surface area contributed by atoms with E-state index in [2.05, 4.69) is 0 Å². The fourth-order valence-electron chi connectivity index (χ4n) is 0.351. The zero-order valence-electron chi connectivity index (χ0n) is 8.23. The van der Waals surface area contributed by atoms with Crippen molar-refractivity contribution < 1.29 is 23.4 Å². The largest absolute Gasteiger partial charge is 2.00 e. The molecule has 0 unspecified atom stereocenters. The predicted molar refractivity (Wildman–Crippen MR) is 41.2 cm³/mol. The third-order valence-corrected chi connectivity index (χ3v) is 0.498. The van der Waals surface area contributed by atoms with Gasteiger partial charge in [-0.2, -0.15) is 0 Å². The Morgan fingerprint density at radius 3 is 1.30 bits per heavy atom. The molecule has 0 fully saturated rings. The molecule has 0 atom stereocenters. The van der Waals surface area contributed by atoms with E-state index in [0.717, 1.165) is 0 Å². The number of rotatable bonds is 2. The molecule has 0 heterocycles. The van der Waals surface area contributed by atoms with Crippen molar-refractivity contribution in [2.24, 2.45) is 0 Å². The molecule has 0 radical (unpaired) electrons. The van der Waals surface area contributed by atoms with Gasteiger partial charge < -0.3 is 13.8 Å². The van der Waals surface area contributed by atoms with Gasteiger partial charge in [-0.1, -0.05) is 0 Å². The van der Waals surface area contributed by atoms with Crippen LogP contribution in [0.2, 0.25) is 0 Å². The summed E-state index contributed by atoms with van der Waals surface area (Å²) in [6, 6.07) is 0. The van der Waals surface area contributed by atoms with Gasteiger partial charge in [0.05, 0.1) is 6.42 Å². The monoisotopic (exact) mass is 162 g/mol. The van der Waals surface area contributed by atoms with Crippen molar-refractivity contribution in [3.63, 3.8) is 0 Å². The molecule has 60 valence electrons. The van der Waals surface area contributed by atoms with Crippen molar-refractivity contribution in [2.45, 2.75) is 20.3 Å². The van der Waals surface area contributed by atoms with Crippen molar-refractivity contribution in [1.29, 1.82) is 0 Å². The van der Waals surface area contributed by atoms with E-state index in [1.165, 1.54) is 13.8 Å². The second-order valence-electron chi connectivity index (χ2n) is 1.58. The standard InChI is InChI=1S/C5H8O2.Mg.2H2O.2H/c1-4(6)3-5(2)7;;;;;/h3H2,1-2H3;;2*1H2;;/q;+2;;;2*-1. The summed E-state index contributed by atoms with van der Waals surface area (Å²) in [5, 5.41) is 0. The molecule has 0 rings (SSSR count). The first-order valence-electron chi connectivity index (χ1n) is 2.12. The molecule has 0 bridgehead atoms. The van der Waals surface area contributed by atoms with Gasteiger partial charge in [0.15, 0.2) is 0 Å². The smallest absolute Gasteiger partial charge is 1.00 e. The maximum atomic E-state index is 10.0. The Bertz CT molecular complexity index is 97.6. The Kier molecular flexibility index (Phi) is 26.5. The van der Waals surface area contributed by atoms with E-state index in [4.69, 9.17) is 0 Å². The average molecular weight is 162 g/mol. The Balaban J connectivity index is -0.0000000180. The molecule has 0 aliphatic carbocycles. The predicted octanol–water partition coefficient (Wildman–Crippen LogP) is -1.25. The topological polar surface area (TPSA) is 97.1 Å². The molecule has 4 N–H and O–H groups in total.